The third-order valence-electron chi connectivity index (χ3n) is 11.2. The molecule has 2 unspecified atom stereocenters. The van der Waals surface area contributed by atoms with Gasteiger partial charge in [0.2, 0.25) is 11.9 Å². The van der Waals surface area contributed by atoms with Crippen LogP contribution in [0.25, 0.3) is 0 Å². The maximum absolute atomic E-state index is 17.3. The lowest BCUT2D eigenvalue weighted by Gasteiger charge is -2.41. The highest BCUT2D eigenvalue weighted by atomic mass is 32.2. The van der Waals surface area contributed by atoms with Crippen molar-refractivity contribution in [3.63, 3.8) is 0 Å². The first kappa shape index (κ1) is 36.3. The molecule has 2 aromatic heterocycles. The quantitative estimate of drug-likeness (QED) is 0.254. The monoisotopic (exact) mass is 733 g/mol. The second-order valence-corrected chi connectivity index (χ2v) is 16.7. The second-order valence-electron chi connectivity index (χ2n) is 15.5. The maximum atomic E-state index is 17.3. The van der Waals surface area contributed by atoms with Crippen LogP contribution in [0.5, 0.6) is 0 Å². The van der Waals surface area contributed by atoms with E-state index in [1.165, 1.54) is 0 Å². The van der Waals surface area contributed by atoms with E-state index in [9.17, 15) is 27.1 Å². The summed E-state index contributed by atoms with van der Waals surface area (Å²) >= 11 is 1.93. The summed E-state index contributed by atoms with van der Waals surface area (Å²) in [6.07, 6.45) is -2.01. The second kappa shape index (κ2) is 14.1. The Labute approximate surface area is 299 Å². The topological polar surface area (TPSA) is 65.4 Å². The molecule has 3 aromatic rings. The van der Waals surface area contributed by atoms with Crippen molar-refractivity contribution in [2.75, 3.05) is 47.5 Å². The predicted molar refractivity (Wildman–Crippen MR) is 188 cm³/mol. The number of aliphatic hydroxyl groups is 1. The minimum Gasteiger partial charge on any atom is -0.388 e. The summed E-state index contributed by atoms with van der Waals surface area (Å²) in [7, 11) is 0. The number of halogens is 6. The van der Waals surface area contributed by atoms with E-state index in [4.69, 9.17) is 4.98 Å². The molecular weight excluding hydrogens is 689 g/mol. The summed E-state index contributed by atoms with van der Waals surface area (Å²) in [4.78, 5) is 18.9. The SMILES string of the molecule is CC1(C)Cc2nc(C3CCN(c4ncc(N5CCSCC5)cn4)CC3)c(C(F)c3ccc(C(F)(F)F)cc3)c(C3CCC(F)(F)CC3)c2C(O)C1. The first-order chi connectivity index (χ1) is 24.2. The number of anilines is 2. The molecule has 3 fully saturated rings. The third kappa shape index (κ3) is 7.70. The van der Waals surface area contributed by atoms with Crippen molar-refractivity contribution in [3.8, 4) is 0 Å². The van der Waals surface area contributed by atoms with Crippen molar-refractivity contribution < 1.29 is 31.4 Å². The molecule has 0 spiro atoms. The van der Waals surface area contributed by atoms with Crippen molar-refractivity contribution in [1.82, 2.24) is 15.0 Å². The molecule has 2 aliphatic heterocycles. The van der Waals surface area contributed by atoms with Gasteiger partial charge in [0.05, 0.1) is 35.4 Å². The summed E-state index contributed by atoms with van der Waals surface area (Å²) in [6, 6.07) is 4.06. The fourth-order valence-electron chi connectivity index (χ4n) is 8.53. The average molecular weight is 734 g/mol. The van der Waals surface area contributed by atoms with Crippen molar-refractivity contribution in [2.24, 2.45) is 5.41 Å². The van der Waals surface area contributed by atoms with Gasteiger partial charge in [-0.05, 0) is 73.1 Å². The molecule has 1 aromatic carbocycles. The zero-order valence-electron chi connectivity index (χ0n) is 29.0. The Morgan fingerprint density at radius 1 is 0.863 bits per heavy atom. The normalized spacial score (nSPS) is 23.6. The maximum Gasteiger partial charge on any atom is 0.416 e. The van der Waals surface area contributed by atoms with Crippen LogP contribution in [0.4, 0.5) is 38.0 Å². The number of aromatic nitrogens is 3. The summed E-state index contributed by atoms with van der Waals surface area (Å²) in [6.45, 7) is 7.16. The molecule has 0 amide bonds. The summed E-state index contributed by atoms with van der Waals surface area (Å²) in [5.74, 6) is -0.718. The molecule has 0 radical (unpaired) electrons. The fraction of sp³-hybridized carbons (Fsp3) is 0.605. The van der Waals surface area contributed by atoms with E-state index in [0.717, 1.165) is 54.5 Å². The molecule has 1 N–H and O–H groups in total. The van der Waals surface area contributed by atoms with Gasteiger partial charge in [-0.3, -0.25) is 4.98 Å². The number of piperidine rings is 1. The molecule has 1 saturated carbocycles. The van der Waals surface area contributed by atoms with E-state index in [1.807, 2.05) is 38.0 Å². The number of rotatable bonds is 6. The number of aliphatic hydroxyl groups excluding tert-OH is 1. The zero-order valence-corrected chi connectivity index (χ0v) is 29.8. The summed E-state index contributed by atoms with van der Waals surface area (Å²) in [5.41, 5.74) is 2.35. The number of alkyl halides is 6. The highest BCUT2D eigenvalue weighted by Gasteiger charge is 2.44. The molecule has 2 atom stereocenters. The van der Waals surface area contributed by atoms with Gasteiger partial charge < -0.3 is 14.9 Å². The van der Waals surface area contributed by atoms with Gasteiger partial charge in [-0.15, -0.1) is 0 Å². The minimum atomic E-state index is -4.58. The Morgan fingerprint density at radius 2 is 1.49 bits per heavy atom. The van der Waals surface area contributed by atoms with Gasteiger partial charge in [-0.1, -0.05) is 26.0 Å². The predicted octanol–water partition coefficient (Wildman–Crippen LogP) is 9.19. The number of hydrogen-bond donors (Lipinski definition) is 1. The summed E-state index contributed by atoms with van der Waals surface area (Å²) < 4.78 is 86.6. The third-order valence-corrected chi connectivity index (χ3v) is 12.2. The molecule has 4 aliphatic rings. The van der Waals surface area contributed by atoms with Crippen LogP contribution in [0.15, 0.2) is 36.7 Å². The van der Waals surface area contributed by atoms with E-state index < -0.39 is 35.9 Å². The van der Waals surface area contributed by atoms with E-state index in [2.05, 4.69) is 19.8 Å². The van der Waals surface area contributed by atoms with Crippen LogP contribution in [-0.2, 0) is 12.6 Å². The minimum absolute atomic E-state index is 0.0391. The standard InChI is InChI=1S/C38H45F6N5OS/c1-36(2)19-28-31(29(50)20-36)30(23-7-11-37(40,41)12-8-23)32(33(39)24-3-5-26(6-4-24)38(42,43)44)34(47-28)25-9-13-49(14-10-25)35-45-21-27(22-46-35)48-15-17-51-18-16-48/h3-6,21-23,25,29,33,50H,7-20H2,1-2H3. The van der Waals surface area contributed by atoms with Crippen molar-refractivity contribution in [1.29, 1.82) is 0 Å². The number of fused-ring (bicyclic) bond motifs is 1. The number of nitrogens with zero attached hydrogens (tertiary/aromatic N) is 5. The molecular formula is C38H45F6N5OS. The van der Waals surface area contributed by atoms with Crippen molar-refractivity contribution >= 4 is 23.4 Å². The molecule has 0 bridgehead atoms. The Kier molecular flexibility index (Phi) is 10.0. The van der Waals surface area contributed by atoms with Crippen molar-refractivity contribution in [3.05, 3.63) is 75.9 Å². The van der Waals surface area contributed by atoms with Crippen LogP contribution in [-0.4, -0.2) is 63.7 Å². The highest BCUT2D eigenvalue weighted by molar-refractivity contribution is 7.99. The van der Waals surface area contributed by atoms with E-state index in [0.29, 0.717) is 67.2 Å². The van der Waals surface area contributed by atoms with Gasteiger partial charge in [-0.25, -0.2) is 23.1 Å². The number of pyridine rings is 1. The lowest BCUT2D eigenvalue weighted by atomic mass is 9.68. The van der Waals surface area contributed by atoms with Gasteiger partial charge in [0.25, 0.3) is 0 Å². The van der Waals surface area contributed by atoms with Crippen LogP contribution in [0.2, 0.25) is 0 Å². The molecule has 2 aliphatic carbocycles. The van der Waals surface area contributed by atoms with E-state index in [-0.39, 0.29) is 48.1 Å². The van der Waals surface area contributed by atoms with Gasteiger partial charge >= 0.3 is 6.18 Å². The van der Waals surface area contributed by atoms with Crippen LogP contribution in [0.1, 0.15) is 122 Å². The summed E-state index contributed by atoms with van der Waals surface area (Å²) in [5, 5.41) is 11.6. The zero-order chi connectivity index (χ0) is 36.1. The van der Waals surface area contributed by atoms with Gasteiger partial charge in [0, 0.05) is 73.3 Å². The van der Waals surface area contributed by atoms with Gasteiger partial charge in [0.15, 0.2) is 6.17 Å². The van der Waals surface area contributed by atoms with Crippen molar-refractivity contribution in [2.45, 2.75) is 101 Å². The van der Waals surface area contributed by atoms with Gasteiger partial charge in [0.1, 0.15) is 0 Å². The molecule has 4 heterocycles. The molecule has 6 nitrogen and oxygen atoms in total. The first-order valence-corrected chi connectivity index (χ1v) is 19.2. The number of thioether (sulfide) groups is 1. The fourth-order valence-corrected chi connectivity index (χ4v) is 9.43. The van der Waals surface area contributed by atoms with E-state index in [1.54, 1.807) is 0 Å². The van der Waals surface area contributed by atoms with Crippen LogP contribution >= 0.6 is 11.8 Å². The molecule has 7 rings (SSSR count). The lowest BCUT2D eigenvalue weighted by Crippen LogP contribution is -2.36. The largest absolute Gasteiger partial charge is 0.416 e. The van der Waals surface area contributed by atoms with Gasteiger partial charge in [-0.2, -0.15) is 24.9 Å². The number of benzene rings is 1. The molecule has 51 heavy (non-hydrogen) atoms. The molecule has 2 saturated heterocycles. The van der Waals surface area contributed by atoms with Crippen LogP contribution in [0, 0.1) is 5.41 Å². The Bertz CT molecular complexity index is 1680. The lowest BCUT2D eigenvalue weighted by molar-refractivity contribution is -0.137. The average Bonchev–Trinajstić information content (AvgIpc) is 3.10. The molecule has 276 valence electrons. The number of hydrogen-bond acceptors (Lipinski definition) is 7. The molecule has 13 heteroatoms. The van der Waals surface area contributed by atoms with Crippen LogP contribution < -0.4 is 9.80 Å². The smallest absolute Gasteiger partial charge is 0.388 e. The van der Waals surface area contributed by atoms with E-state index >= 15 is 4.39 Å². The Hall–Kier alpha value is -3.06. The van der Waals surface area contributed by atoms with Crippen LogP contribution in [0.3, 0.4) is 0 Å². The highest BCUT2D eigenvalue weighted by Crippen LogP contribution is 2.52. The Morgan fingerprint density at radius 3 is 2.10 bits per heavy atom. The first-order valence-electron chi connectivity index (χ1n) is 18.0. The Balaban J connectivity index is 1.26.